The maximum absolute atomic E-state index is 11.6. The molecule has 1 rings (SSSR count). The van der Waals surface area contributed by atoms with Gasteiger partial charge in [0, 0.05) is 11.6 Å². The summed E-state index contributed by atoms with van der Waals surface area (Å²) in [5, 5.41) is 2.85. The molecule has 1 amide bonds. The van der Waals surface area contributed by atoms with Crippen molar-refractivity contribution in [2.45, 2.75) is 27.7 Å². The molecule has 0 bridgehead atoms. The third-order valence-electron chi connectivity index (χ3n) is 1.94. The highest BCUT2D eigenvalue weighted by Gasteiger charge is 2.21. The van der Waals surface area contributed by atoms with Crippen LogP contribution < -0.4 is 5.32 Å². The van der Waals surface area contributed by atoms with Crippen LogP contribution in [0.1, 0.15) is 26.5 Å². The molecule has 1 heterocycles. The average molecular weight is 192 g/mol. The number of pyridine rings is 1. The monoisotopic (exact) mass is 192 g/mol. The number of hydrogen-bond acceptors (Lipinski definition) is 2. The lowest BCUT2D eigenvalue weighted by molar-refractivity contribution is -0.123. The normalized spacial score (nSPS) is 11.1. The van der Waals surface area contributed by atoms with Gasteiger partial charge in [0.25, 0.3) is 0 Å². The van der Waals surface area contributed by atoms with Gasteiger partial charge in [-0.15, -0.1) is 0 Å². The molecule has 3 heteroatoms. The number of aryl methyl sites for hydroxylation is 1. The Labute approximate surface area is 84.6 Å². The Morgan fingerprint density at radius 1 is 1.43 bits per heavy atom. The number of anilines is 1. The molecule has 1 aromatic rings. The maximum Gasteiger partial charge on any atom is 0.229 e. The molecule has 0 spiro atoms. The van der Waals surface area contributed by atoms with E-state index in [-0.39, 0.29) is 11.3 Å². The summed E-state index contributed by atoms with van der Waals surface area (Å²) in [6.45, 7) is 7.52. The van der Waals surface area contributed by atoms with Crippen LogP contribution in [0.5, 0.6) is 0 Å². The lowest BCUT2D eigenvalue weighted by atomic mass is 9.95. The van der Waals surface area contributed by atoms with Gasteiger partial charge in [0.05, 0.1) is 11.4 Å². The molecule has 0 atom stereocenters. The van der Waals surface area contributed by atoms with E-state index in [1.54, 1.807) is 6.20 Å². The zero-order valence-corrected chi connectivity index (χ0v) is 9.09. The first-order chi connectivity index (χ1) is 6.41. The van der Waals surface area contributed by atoms with E-state index < -0.39 is 0 Å². The molecule has 14 heavy (non-hydrogen) atoms. The zero-order valence-electron chi connectivity index (χ0n) is 9.09. The van der Waals surface area contributed by atoms with Gasteiger partial charge >= 0.3 is 0 Å². The topological polar surface area (TPSA) is 42.0 Å². The third kappa shape index (κ3) is 2.55. The number of nitrogens with one attached hydrogen (secondary N) is 1. The first-order valence-electron chi connectivity index (χ1n) is 4.64. The number of hydrogen-bond donors (Lipinski definition) is 1. The molecule has 0 radical (unpaired) electrons. The van der Waals surface area contributed by atoms with Gasteiger partial charge in [-0.1, -0.05) is 20.8 Å². The van der Waals surface area contributed by atoms with Crippen molar-refractivity contribution in [1.29, 1.82) is 0 Å². The summed E-state index contributed by atoms with van der Waals surface area (Å²) < 4.78 is 0. The van der Waals surface area contributed by atoms with Crippen molar-refractivity contribution in [1.82, 2.24) is 4.98 Å². The first kappa shape index (κ1) is 10.7. The lowest BCUT2D eigenvalue weighted by Gasteiger charge is -2.18. The van der Waals surface area contributed by atoms with Crippen LogP contribution in [0.2, 0.25) is 0 Å². The third-order valence-corrected chi connectivity index (χ3v) is 1.94. The fourth-order valence-electron chi connectivity index (χ4n) is 0.926. The van der Waals surface area contributed by atoms with Gasteiger partial charge in [-0.2, -0.15) is 0 Å². The van der Waals surface area contributed by atoms with Crippen LogP contribution in [-0.4, -0.2) is 10.9 Å². The molecule has 76 valence electrons. The van der Waals surface area contributed by atoms with Crippen LogP contribution in [0.3, 0.4) is 0 Å². The van der Waals surface area contributed by atoms with Crippen LogP contribution in [0.4, 0.5) is 5.69 Å². The summed E-state index contributed by atoms with van der Waals surface area (Å²) in [6, 6.07) is 3.66. The number of carbonyl (C=O) groups is 1. The van der Waals surface area contributed by atoms with Crippen molar-refractivity contribution in [2.24, 2.45) is 5.41 Å². The molecule has 0 fully saturated rings. The summed E-state index contributed by atoms with van der Waals surface area (Å²) in [7, 11) is 0. The minimum Gasteiger partial charge on any atom is -0.324 e. The second-order valence-corrected chi connectivity index (χ2v) is 4.34. The summed E-state index contributed by atoms with van der Waals surface area (Å²) in [4.78, 5) is 15.7. The predicted octanol–water partition coefficient (Wildman–Crippen LogP) is 2.37. The van der Waals surface area contributed by atoms with E-state index in [0.717, 1.165) is 11.4 Å². The molecule has 0 unspecified atom stereocenters. The Bertz CT molecular complexity index is 339. The van der Waals surface area contributed by atoms with Crippen molar-refractivity contribution in [3.05, 3.63) is 24.0 Å². The van der Waals surface area contributed by atoms with Crippen LogP contribution in [-0.2, 0) is 4.79 Å². The minimum absolute atomic E-state index is 0.00796. The van der Waals surface area contributed by atoms with Crippen LogP contribution in [0.25, 0.3) is 0 Å². The van der Waals surface area contributed by atoms with E-state index in [9.17, 15) is 4.79 Å². The summed E-state index contributed by atoms with van der Waals surface area (Å²) in [6.07, 6.45) is 1.71. The second-order valence-electron chi connectivity index (χ2n) is 4.34. The molecular weight excluding hydrogens is 176 g/mol. The molecule has 0 saturated heterocycles. The van der Waals surface area contributed by atoms with Gasteiger partial charge in [-0.3, -0.25) is 9.78 Å². The van der Waals surface area contributed by atoms with Gasteiger partial charge in [0.15, 0.2) is 0 Å². The Morgan fingerprint density at radius 3 is 2.57 bits per heavy atom. The molecule has 1 aromatic heterocycles. The van der Waals surface area contributed by atoms with Gasteiger partial charge < -0.3 is 5.32 Å². The molecule has 0 aromatic carbocycles. The Balaban J connectivity index is 2.80. The van der Waals surface area contributed by atoms with E-state index in [4.69, 9.17) is 0 Å². The molecular formula is C11H16N2O. The number of nitrogens with zero attached hydrogens (tertiary/aromatic N) is 1. The van der Waals surface area contributed by atoms with Crippen molar-refractivity contribution in [2.75, 3.05) is 5.32 Å². The van der Waals surface area contributed by atoms with Gasteiger partial charge in [-0.25, -0.2) is 0 Å². The quantitative estimate of drug-likeness (QED) is 0.742. The number of carbonyl (C=O) groups excluding carboxylic acids is 1. The first-order valence-corrected chi connectivity index (χ1v) is 4.64. The average Bonchev–Trinajstić information content (AvgIpc) is 2.07. The highest BCUT2D eigenvalue weighted by atomic mass is 16.2. The van der Waals surface area contributed by atoms with E-state index in [1.165, 1.54) is 0 Å². The highest BCUT2D eigenvalue weighted by molar-refractivity contribution is 5.94. The van der Waals surface area contributed by atoms with Crippen molar-refractivity contribution >= 4 is 11.6 Å². The van der Waals surface area contributed by atoms with Crippen LogP contribution in [0, 0.1) is 12.3 Å². The van der Waals surface area contributed by atoms with Crippen molar-refractivity contribution in [3.8, 4) is 0 Å². The predicted molar refractivity (Wildman–Crippen MR) is 57.1 cm³/mol. The summed E-state index contributed by atoms with van der Waals surface area (Å²) in [5.41, 5.74) is 1.25. The summed E-state index contributed by atoms with van der Waals surface area (Å²) >= 11 is 0. The number of amides is 1. The van der Waals surface area contributed by atoms with E-state index in [0.29, 0.717) is 0 Å². The lowest BCUT2D eigenvalue weighted by Crippen LogP contribution is -2.28. The van der Waals surface area contributed by atoms with E-state index in [1.807, 2.05) is 39.8 Å². The molecule has 0 aliphatic rings. The van der Waals surface area contributed by atoms with Crippen LogP contribution >= 0.6 is 0 Å². The SMILES string of the molecule is Cc1ncccc1NC(=O)C(C)(C)C. The van der Waals surface area contributed by atoms with Crippen molar-refractivity contribution < 1.29 is 4.79 Å². The molecule has 3 nitrogen and oxygen atoms in total. The number of aromatic nitrogens is 1. The standard InChI is InChI=1S/C11H16N2O/c1-8-9(6-5-7-12-8)13-10(14)11(2,3)4/h5-7H,1-4H3,(H,13,14). The highest BCUT2D eigenvalue weighted by Crippen LogP contribution is 2.18. The van der Waals surface area contributed by atoms with Gasteiger partial charge in [0.1, 0.15) is 0 Å². The van der Waals surface area contributed by atoms with Gasteiger partial charge in [0.2, 0.25) is 5.91 Å². The smallest absolute Gasteiger partial charge is 0.229 e. The maximum atomic E-state index is 11.6. The fourth-order valence-corrected chi connectivity index (χ4v) is 0.926. The second kappa shape index (κ2) is 3.78. The van der Waals surface area contributed by atoms with Crippen LogP contribution in [0.15, 0.2) is 18.3 Å². The Kier molecular flexibility index (Phi) is 2.89. The molecule has 0 aliphatic heterocycles. The Hall–Kier alpha value is -1.38. The fraction of sp³-hybridized carbons (Fsp3) is 0.455. The number of rotatable bonds is 1. The molecule has 0 saturated carbocycles. The summed E-state index contributed by atoms with van der Waals surface area (Å²) in [5.74, 6) is 0.00796. The largest absolute Gasteiger partial charge is 0.324 e. The molecule has 1 N–H and O–H groups in total. The Morgan fingerprint density at radius 2 is 2.07 bits per heavy atom. The van der Waals surface area contributed by atoms with Crippen molar-refractivity contribution in [3.63, 3.8) is 0 Å². The minimum atomic E-state index is -0.373. The van der Waals surface area contributed by atoms with Gasteiger partial charge in [-0.05, 0) is 19.1 Å². The van der Waals surface area contributed by atoms with E-state index in [2.05, 4.69) is 10.3 Å². The zero-order chi connectivity index (χ0) is 10.8. The molecule has 0 aliphatic carbocycles. The van der Waals surface area contributed by atoms with E-state index >= 15 is 0 Å².